The molecule has 2 unspecified atom stereocenters. The molecular formula is C24H32O6. The van der Waals surface area contributed by atoms with E-state index >= 15 is 0 Å². The molecular weight excluding hydrogens is 384 g/mol. The smallest absolute Gasteiger partial charge is 0.302 e. The number of benzene rings is 2. The van der Waals surface area contributed by atoms with Crippen LogP contribution in [0.3, 0.4) is 0 Å². The number of ether oxygens (including phenoxy) is 3. The third-order valence-electron chi connectivity index (χ3n) is 4.99. The molecule has 0 fully saturated rings. The van der Waals surface area contributed by atoms with Gasteiger partial charge < -0.3 is 24.4 Å². The van der Waals surface area contributed by atoms with Crippen molar-refractivity contribution in [3.05, 3.63) is 59.7 Å². The van der Waals surface area contributed by atoms with Crippen LogP contribution in [0.15, 0.2) is 48.5 Å². The number of hydrogen-bond acceptors (Lipinski definition) is 6. The van der Waals surface area contributed by atoms with Crippen LogP contribution in [0.1, 0.15) is 45.2 Å². The normalized spacial score (nSPS) is 13.4. The summed E-state index contributed by atoms with van der Waals surface area (Å²) in [4.78, 5) is 10.8. The zero-order chi connectivity index (χ0) is 22.1. The second-order valence-corrected chi connectivity index (χ2v) is 7.81. The number of carbonyl (C=O) groups is 1. The van der Waals surface area contributed by atoms with Crippen LogP contribution in [0.2, 0.25) is 0 Å². The second kappa shape index (κ2) is 11.0. The van der Waals surface area contributed by atoms with Gasteiger partial charge in [-0.1, -0.05) is 45.0 Å². The molecule has 30 heavy (non-hydrogen) atoms. The van der Waals surface area contributed by atoms with Gasteiger partial charge >= 0.3 is 5.97 Å². The van der Waals surface area contributed by atoms with Gasteiger partial charge in [0.2, 0.25) is 0 Å². The Hall–Kier alpha value is -2.57. The Bertz CT molecular complexity index is 782. The van der Waals surface area contributed by atoms with Crippen molar-refractivity contribution in [3.63, 3.8) is 0 Å². The minimum Gasteiger partial charge on any atom is -0.491 e. The molecule has 0 radical (unpaired) electrons. The summed E-state index contributed by atoms with van der Waals surface area (Å²) in [6, 6.07) is 15.6. The summed E-state index contributed by atoms with van der Waals surface area (Å²) in [6.07, 6.45) is -0.662. The molecule has 0 saturated carbocycles. The first-order chi connectivity index (χ1) is 14.2. The van der Waals surface area contributed by atoms with E-state index in [0.29, 0.717) is 12.2 Å². The van der Waals surface area contributed by atoms with Crippen molar-refractivity contribution in [1.29, 1.82) is 0 Å². The first kappa shape index (κ1) is 23.7. The largest absolute Gasteiger partial charge is 0.491 e. The maximum absolute atomic E-state index is 10.8. The van der Waals surface area contributed by atoms with E-state index in [1.807, 2.05) is 55.5 Å². The Labute approximate surface area is 178 Å². The molecule has 0 spiro atoms. The molecule has 0 aliphatic rings. The van der Waals surface area contributed by atoms with Gasteiger partial charge in [0, 0.05) is 12.3 Å². The van der Waals surface area contributed by atoms with Gasteiger partial charge in [-0.15, -0.1) is 0 Å². The highest BCUT2D eigenvalue weighted by Gasteiger charge is 2.23. The van der Waals surface area contributed by atoms with Crippen molar-refractivity contribution in [1.82, 2.24) is 0 Å². The van der Waals surface area contributed by atoms with Crippen molar-refractivity contribution in [2.75, 3.05) is 19.8 Å². The fraction of sp³-hybridized carbons (Fsp3) is 0.458. The van der Waals surface area contributed by atoms with Crippen molar-refractivity contribution in [2.45, 2.75) is 51.7 Å². The van der Waals surface area contributed by atoms with E-state index in [2.05, 4.69) is 13.8 Å². The van der Waals surface area contributed by atoms with Gasteiger partial charge in [-0.25, -0.2) is 0 Å². The summed E-state index contributed by atoms with van der Waals surface area (Å²) in [5.41, 5.74) is 2.02. The lowest BCUT2D eigenvalue weighted by Gasteiger charge is -2.26. The minimum atomic E-state index is -0.871. The summed E-state index contributed by atoms with van der Waals surface area (Å²) in [7, 11) is 0. The van der Waals surface area contributed by atoms with E-state index in [1.165, 1.54) is 6.92 Å². The van der Waals surface area contributed by atoms with Crippen LogP contribution < -0.4 is 9.47 Å². The summed E-state index contributed by atoms with van der Waals surface area (Å²) in [6.45, 7) is 7.75. The standard InChI is InChI=1S/C24H32O6/c1-5-20(26)14-29-22-10-6-18(7-11-22)24(3,4)19-8-12-23(13-9-19)30-16-21(27)15-28-17(2)25/h6-13,20-21,26-27H,5,14-16H2,1-4H3. The predicted molar refractivity (Wildman–Crippen MR) is 115 cm³/mol. The number of esters is 1. The van der Waals surface area contributed by atoms with Gasteiger partial charge in [-0.3, -0.25) is 4.79 Å². The zero-order valence-electron chi connectivity index (χ0n) is 18.1. The molecule has 6 nitrogen and oxygen atoms in total. The number of carbonyl (C=O) groups excluding carboxylic acids is 1. The molecule has 0 saturated heterocycles. The number of aliphatic hydroxyl groups is 2. The maximum atomic E-state index is 10.8. The van der Waals surface area contributed by atoms with Crippen molar-refractivity contribution in [2.24, 2.45) is 0 Å². The molecule has 2 atom stereocenters. The Balaban J connectivity index is 1.96. The van der Waals surface area contributed by atoms with Gasteiger partial charge in [0.25, 0.3) is 0 Å². The maximum Gasteiger partial charge on any atom is 0.302 e. The lowest BCUT2D eigenvalue weighted by Crippen LogP contribution is -2.24. The molecule has 6 heteroatoms. The molecule has 164 valence electrons. The fourth-order valence-corrected chi connectivity index (χ4v) is 2.87. The van der Waals surface area contributed by atoms with E-state index < -0.39 is 18.2 Å². The topological polar surface area (TPSA) is 85.2 Å². The molecule has 0 aliphatic heterocycles. The third-order valence-corrected chi connectivity index (χ3v) is 4.99. The minimum absolute atomic E-state index is 0.0458. The number of rotatable bonds is 11. The van der Waals surface area contributed by atoms with Crippen LogP contribution in [0, 0.1) is 0 Å². The summed E-state index contributed by atoms with van der Waals surface area (Å²) >= 11 is 0. The average molecular weight is 417 g/mol. The molecule has 2 rings (SSSR count). The van der Waals surface area contributed by atoms with Crippen molar-refractivity contribution < 1.29 is 29.2 Å². The Kier molecular flexibility index (Phi) is 8.69. The van der Waals surface area contributed by atoms with Crippen LogP contribution in [0.25, 0.3) is 0 Å². The van der Waals surface area contributed by atoms with Crippen LogP contribution in [-0.2, 0) is 14.9 Å². The van der Waals surface area contributed by atoms with Crippen LogP contribution >= 0.6 is 0 Å². The molecule has 0 aliphatic carbocycles. The molecule has 2 N–H and O–H groups in total. The van der Waals surface area contributed by atoms with Crippen molar-refractivity contribution >= 4 is 5.97 Å². The van der Waals surface area contributed by atoms with Crippen LogP contribution in [-0.4, -0.2) is 48.2 Å². The van der Waals surface area contributed by atoms with E-state index in [-0.39, 0.29) is 25.2 Å². The van der Waals surface area contributed by atoms with Crippen molar-refractivity contribution in [3.8, 4) is 11.5 Å². The highest BCUT2D eigenvalue weighted by molar-refractivity contribution is 5.65. The van der Waals surface area contributed by atoms with E-state index in [9.17, 15) is 15.0 Å². The molecule has 0 bridgehead atoms. The summed E-state index contributed by atoms with van der Waals surface area (Å²) < 4.78 is 15.9. The molecule has 0 amide bonds. The Morgan fingerprint density at radius 1 is 0.833 bits per heavy atom. The SMILES string of the molecule is CCC(O)COc1ccc(C(C)(C)c2ccc(OCC(O)COC(C)=O)cc2)cc1. The highest BCUT2D eigenvalue weighted by atomic mass is 16.5. The van der Waals surface area contributed by atoms with Crippen LogP contribution in [0.5, 0.6) is 11.5 Å². The monoisotopic (exact) mass is 416 g/mol. The predicted octanol–water partition coefficient (Wildman–Crippen LogP) is 3.47. The van der Waals surface area contributed by atoms with E-state index in [1.54, 1.807) is 0 Å². The summed E-state index contributed by atoms with van der Waals surface area (Å²) in [5, 5.41) is 19.4. The first-order valence-corrected chi connectivity index (χ1v) is 10.2. The number of hydrogen-bond donors (Lipinski definition) is 2. The zero-order valence-corrected chi connectivity index (χ0v) is 18.1. The van der Waals surface area contributed by atoms with E-state index in [0.717, 1.165) is 16.9 Å². The Morgan fingerprint density at radius 2 is 1.27 bits per heavy atom. The van der Waals surface area contributed by atoms with Crippen LogP contribution in [0.4, 0.5) is 0 Å². The van der Waals surface area contributed by atoms with Gasteiger partial charge in [0.1, 0.15) is 37.4 Å². The lowest BCUT2D eigenvalue weighted by molar-refractivity contribution is -0.144. The van der Waals surface area contributed by atoms with Gasteiger partial charge in [-0.05, 0) is 41.8 Å². The molecule has 2 aromatic rings. The summed E-state index contributed by atoms with van der Waals surface area (Å²) in [5.74, 6) is 0.937. The molecule has 2 aromatic carbocycles. The van der Waals surface area contributed by atoms with Gasteiger partial charge in [0.05, 0.1) is 6.10 Å². The number of aliphatic hydroxyl groups excluding tert-OH is 2. The van der Waals surface area contributed by atoms with E-state index in [4.69, 9.17) is 14.2 Å². The third kappa shape index (κ3) is 7.04. The fourth-order valence-electron chi connectivity index (χ4n) is 2.87. The highest BCUT2D eigenvalue weighted by Crippen LogP contribution is 2.33. The first-order valence-electron chi connectivity index (χ1n) is 10.2. The average Bonchev–Trinajstić information content (AvgIpc) is 2.75. The molecule has 0 aromatic heterocycles. The lowest BCUT2D eigenvalue weighted by atomic mass is 9.78. The Morgan fingerprint density at radius 3 is 1.67 bits per heavy atom. The second-order valence-electron chi connectivity index (χ2n) is 7.81. The van der Waals surface area contributed by atoms with Gasteiger partial charge in [0.15, 0.2) is 0 Å². The quantitative estimate of drug-likeness (QED) is 0.546. The molecule has 0 heterocycles. The van der Waals surface area contributed by atoms with Gasteiger partial charge in [-0.2, -0.15) is 0 Å².